The van der Waals surface area contributed by atoms with Crippen LogP contribution in [-0.2, 0) is 0 Å². The Bertz CT molecular complexity index is 1230. The lowest BCUT2D eigenvalue weighted by Crippen LogP contribution is -2.26. The average Bonchev–Trinajstić information content (AvgIpc) is 3.41. The Hall–Kier alpha value is -4.37. The zero-order valence-electron chi connectivity index (χ0n) is 20.9. The molecule has 1 aliphatic rings. The van der Waals surface area contributed by atoms with Crippen molar-refractivity contribution in [1.29, 1.82) is 0 Å². The van der Waals surface area contributed by atoms with Gasteiger partial charge in [0.05, 0.1) is 21.3 Å². The molecule has 0 saturated carbocycles. The molecule has 1 unspecified atom stereocenters. The van der Waals surface area contributed by atoms with Gasteiger partial charge < -0.3 is 38.8 Å². The molecule has 3 aromatic carbocycles. The topological polar surface area (TPSA) is 105 Å². The van der Waals surface area contributed by atoms with Gasteiger partial charge in [-0.3, -0.25) is 4.79 Å². The summed E-state index contributed by atoms with van der Waals surface area (Å²) in [6.45, 7) is 0.594. The first kappa shape index (κ1) is 25.7. The molecule has 0 bridgehead atoms. The molecule has 0 saturated heterocycles. The summed E-state index contributed by atoms with van der Waals surface area (Å²) in [5, 5.41) is 13.4. The number of hydrogen-bond acceptors (Lipinski definition) is 9. The van der Waals surface area contributed by atoms with Crippen molar-refractivity contribution < 1.29 is 38.3 Å². The lowest BCUT2D eigenvalue weighted by molar-refractivity contribution is 0.104. The quantitative estimate of drug-likeness (QED) is 0.276. The molecule has 3 aromatic rings. The number of fused-ring (bicyclic) bond motifs is 1. The van der Waals surface area contributed by atoms with Crippen molar-refractivity contribution in [2.24, 2.45) is 0 Å². The zero-order chi connectivity index (χ0) is 26.2. The third kappa shape index (κ3) is 6.45. The minimum atomic E-state index is -0.742. The SMILES string of the molecule is COc1cc(/C=C/C(=O)c2ccc(OCC(O)CNc3ccc4c(c3)OCO4)cc2)cc(OC)c1OC. The van der Waals surface area contributed by atoms with Gasteiger partial charge in [0.15, 0.2) is 28.8 Å². The predicted molar refractivity (Wildman–Crippen MR) is 138 cm³/mol. The Morgan fingerprint density at radius 1 is 0.973 bits per heavy atom. The van der Waals surface area contributed by atoms with Crippen LogP contribution in [0, 0.1) is 0 Å². The van der Waals surface area contributed by atoms with E-state index in [2.05, 4.69) is 5.32 Å². The molecule has 9 heteroatoms. The van der Waals surface area contributed by atoms with Gasteiger partial charge in [-0.1, -0.05) is 6.08 Å². The van der Waals surface area contributed by atoms with E-state index in [0.29, 0.717) is 46.6 Å². The van der Waals surface area contributed by atoms with Crippen molar-refractivity contribution in [2.45, 2.75) is 6.10 Å². The van der Waals surface area contributed by atoms with Crippen LogP contribution in [0.3, 0.4) is 0 Å². The van der Waals surface area contributed by atoms with Crippen LogP contribution in [0.2, 0.25) is 0 Å². The summed E-state index contributed by atoms with van der Waals surface area (Å²) in [5.41, 5.74) is 2.04. The minimum Gasteiger partial charge on any atom is -0.493 e. The lowest BCUT2D eigenvalue weighted by atomic mass is 10.1. The molecule has 9 nitrogen and oxygen atoms in total. The van der Waals surface area contributed by atoms with E-state index in [-0.39, 0.29) is 19.2 Å². The first-order valence-electron chi connectivity index (χ1n) is 11.6. The normalized spacial score (nSPS) is 12.8. The van der Waals surface area contributed by atoms with Crippen molar-refractivity contribution in [3.63, 3.8) is 0 Å². The zero-order valence-corrected chi connectivity index (χ0v) is 20.9. The first-order valence-corrected chi connectivity index (χ1v) is 11.6. The standard InChI is InChI=1S/C28H29NO8/c1-32-26-12-18(13-27(33-2)28(26)34-3)4-10-23(31)19-5-8-22(9-6-19)35-16-21(30)15-29-20-7-11-24-25(14-20)37-17-36-24/h4-14,21,29-30H,15-17H2,1-3H3/b10-4+. The van der Waals surface area contributed by atoms with Gasteiger partial charge in [0, 0.05) is 23.9 Å². The third-order valence-corrected chi connectivity index (χ3v) is 5.61. The van der Waals surface area contributed by atoms with Gasteiger partial charge >= 0.3 is 0 Å². The van der Waals surface area contributed by atoms with Crippen LogP contribution in [0.1, 0.15) is 15.9 Å². The molecule has 0 fully saturated rings. The highest BCUT2D eigenvalue weighted by Crippen LogP contribution is 2.38. The van der Waals surface area contributed by atoms with Crippen LogP contribution in [-0.4, -0.2) is 58.3 Å². The smallest absolute Gasteiger partial charge is 0.231 e. The number of methoxy groups -OCH3 is 3. The first-order chi connectivity index (χ1) is 18.0. The number of aliphatic hydroxyl groups is 1. The Kier molecular flexibility index (Phi) is 8.37. The highest BCUT2D eigenvalue weighted by molar-refractivity contribution is 6.06. The van der Waals surface area contributed by atoms with Crippen molar-refractivity contribution in [3.8, 4) is 34.5 Å². The van der Waals surface area contributed by atoms with Gasteiger partial charge in [0.25, 0.3) is 0 Å². The average molecular weight is 508 g/mol. The van der Waals surface area contributed by atoms with Crippen LogP contribution in [0.4, 0.5) is 5.69 Å². The number of ether oxygens (including phenoxy) is 6. The van der Waals surface area contributed by atoms with Gasteiger partial charge in [-0.05, 0) is 60.2 Å². The summed E-state index contributed by atoms with van der Waals surface area (Å²) in [5.74, 6) is 3.24. The van der Waals surface area contributed by atoms with Crippen LogP contribution >= 0.6 is 0 Å². The summed E-state index contributed by atoms with van der Waals surface area (Å²) in [6, 6.07) is 15.7. The number of rotatable bonds is 12. The molecule has 1 aliphatic heterocycles. The van der Waals surface area contributed by atoms with Crippen LogP contribution in [0.25, 0.3) is 6.08 Å². The fourth-order valence-electron chi connectivity index (χ4n) is 3.67. The van der Waals surface area contributed by atoms with E-state index >= 15 is 0 Å². The molecule has 4 rings (SSSR count). The number of allylic oxidation sites excluding steroid dienone is 1. The highest BCUT2D eigenvalue weighted by atomic mass is 16.7. The largest absolute Gasteiger partial charge is 0.493 e. The maximum Gasteiger partial charge on any atom is 0.231 e. The van der Waals surface area contributed by atoms with Crippen molar-refractivity contribution in [1.82, 2.24) is 0 Å². The molecule has 37 heavy (non-hydrogen) atoms. The van der Waals surface area contributed by atoms with Crippen molar-refractivity contribution in [2.75, 3.05) is 46.6 Å². The molecule has 0 radical (unpaired) electrons. The van der Waals surface area contributed by atoms with E-state index < -0.39 is 6.10 Å². The van der Waals surface area contributed by atoms with Gasteiger partial charge in [-0.15, -0.1) is 0 Å². The highest BCUT2D eigenvalue weighted by Gasteiger charge is 2.14. The van der Waals surface area contributed by atoms with Crippen molar-refractivity contribution >= 4 is 17.5 Å². The van der Waals surface area contributed by atoms with E-state index in [0.717, 1.165) is 11.3 Å². The second kappa shape index (κ2) is 12.0. The van der Waals surface area contributed by atoms with Gasteiger partial charge in [0.2, 0.25) is 12.5 Å². The molecule has 2 N–H and O–H groups in total. The number of benzene rings is 3. The van der Waals surface area contributed by atoms with Crippen LogP contribution < -0.4 is 33.7 Å². The number of nitrogens with one attached hydrogen (secondary N) is 1. The fourth-order valence-corrected chi connectivity index (χ4v) is 3.67. The van der Waals surface area contributed by atoms with E-state index in [1.165, 1.54) is 27.4 Å². The summed E-state index contributed by atoms with van der Waals surface area (Å²) in [6.07, 6.45) is 2.41. The minimum absolute atomic E-state index is 0.0892. The summed E-state index contributed by atoms with van der Waals surface area (Å²) >= 11 is 0. The van der Waals surface area contributed by atoms with Crippen LogP contribution in [0.5, 0.6) is 34.5 Å². The van der Waals surface area contributed by atoms with E-state index in [4.69, 9.17) is 28.4 Å². The molecule has 0 spiro atoms. The number of aliphatic hydroxyl groups excluding tert-OH is 1. The second-order valence-electron chi connectivity index (χ2n) is 8.09. The van der Waals surface area contributed by atoms with Crippen LogP contribution in [0.15, 0.2) is 60.7 Å². The van der Waals surface area contributed by atoms with Gasteiger partial charge in [0.1, 0.15) is 18.5 Å². The van der Waals surface area contributed by atoms with E-state index in [1.807, 2.05) is 18.2 Å². The molecular weight excluding hydrogens is 478 g/mol. The maximum atomic E-state index is 12.6. The Morgan fingerprint density at radius 2 is 1.68 bits per heavy atom. The monoisotopic (exact) mass is 507 g/mol. The van der Waals surface area contributed by atoms with Gasteiger partial charge in [-0.2, -0.15) is 0 Å². The Balaban J connectivity index is 1.28. The number of hydrogen-bond donors (Lipinski definition) is 2. The molecule has 0 aromatic heterocycles. The second-order valence-corrected chi connectivity index (χ2v) is 8.09. The van der Waals surface area contributed by atoms with E-state index in [1.54, 1.807) is 42.5 Å². The maximum absolute atomic E-state index is 12.6. The number of anilines is 1. The number of ketones is 1. The van der Waals surface area contributed by atoms with Gasteiger partial charge in [-0.25, -0.2) is 0 Å². The molecule has 1 atom stereocenters. The predicted octanol–water partition coefficient (Wildman–Crippen LogP) is 4.19. The van der Waals surface area contributed by atoms with Crippen molar-refractivity contribution in [3.05, 3.63) is 71.8 Å². The molecule has 1 heterocycles. The summed E-state index contributed by atoms with van der Waals surface area (Å²) in [4.78, 5) is 12.6. The molecular formula is C28H29NO8. The lowest BCUT2D eigenvalue weighted by Gasteiger charge is -2.14. The Morgan fingerprint density at radius 3 is 2.35 bits per heavy atom. The molecule has 194 valence electrons. The summed E-state index contributed by atoms with van der Waals surface area (Å²) < 4.78 is 32.3. The fraction of sp³-hybridized carbons (Fsp3) is 0.250. The molecule has 0 amide bonds. The Labute approximate surface area is 215 Å². The summed E-state index contributed by atoms with van der Waals surface area (Å²) in [7, 11) is 4.61. The third-order valence-electron chi connectivity index (χ3n) is 5.61. The number of carbonyl (C=O) groups is 1. The molecule has 0 aliphatic carbocycles. The van der Waals surface area contributed by atoms with E-state index in [9.17, 15) is 9.90 Å². The number of carbonyl (C=O) groups excluding carboxylic acids is 1.